The van der Waals surface area contributed by atoms with Gasteiger partial charge < -0.3 is 0 Å². The molecule has 0 N–H and O–H groups in total. The smallest absolute Gasteiger partial charge is 0.267 e. The lowest BCUT2D eigenvalue weighted by Crippen LogP contribution is -1.94. The Bertz CT molecular complexity index is 180. The molecular formula is C9H15NO. The second kappa shape index (κ2) is 5.83. The molecule has 2 nitrogen and oxygen atoms in total. The van der Waals surface area contributed by atoms with Gasteiger partial charge in [-0.05, 0) is 19.8 Å². The summed E-state index contributed by atoms with van der Waals surface area (Å²) in [5, 5.41) is 0. The van der Waals surface area contributed by atoms with Crippen molar-refractivity contribution < 1.29 is 4.79 Å². The summed E-state index contributed by atoms with van der Waals surface area (Å²) in [6.07, 6.45) is 5.22. The largest absolute Gasteiger partial charge is 0.271 e. The van der Waals surface area contributed by atoms with Crippen molar-refractivity contribution in [1.82, 2.24) is 0 Å². The van der Waals surface area contributed by atoms with Gasteiger partial charge in [-0.25, -0.2) is 4.99 Å². The first kappa shape index (κ1) is 10.1. The first-order valence-corrected chi connectivity index (χ1v) is 3.96. The molecule has 0 fully saturated rings. The third-order valence-corrected chi connectivity index (χ3v) is 1.24. The van der Waals surface area contributed by atoms with E-state index in [9.17, 15) is 4.79 Å². The van der Waals surface area contributed by atoms with Gasteiger partial charge in [0.15, 0.2) is 0 Å². The number of aliphatic imine (C=N–C) groups is 1. The molecule has 0 rings (SSSR count). The van der Waals surface area contributed by atoms with Crippen molar-refractivity contribution >= 4 is 12.1 Å². The predicted molar refractivity (Wildman–Crippen MR) is 47.8 cm³/mol. The molecule has 0 aromatic carbocycles. The van der Waals surface area contributed by atoms with E-state index in [1.165, 1.54) is 0 Å². The number of hydrogen-bond acceptors (Lipinski definition) is 1. The molecule has 0 aromatic heterocycles. The van der Waals surface area contributed by atoms with E-state index in [4.69, 9.17) is 0 Å². The Kier molecular flexibility index (Phi) is 5.35. The molecule has 0 aliphatic carbocycles. The van der Waals surface area contributed by atoms with E-state index in [1.54, 1.807) is 13.1 Å². The van der Waals surface area contributed by atoms with Crippen LogP contribution in [0.15, 0.2) is 16.6 Å². The highest BCUT2D eigenvalue weighted by Crippen LogP contribution is 1.97. The van der Waals surface area contributed by atoms with Crippen LogP contribution in [-0.4, -0.2) is 12.1 Å². The van der Waals surface area contributed by atoms with Gasteiger partial charge in [0.2, 0.25) is 0 Å². The fourth-order valence-electron chi connectivity index (χ4n) is 0.670. The van der Waals surface area contributed by atoms with Gasteiger partial charge in [0, 0.05) is 11.8 Å². The number of amides is 1. The highest BCUT2D eigenvalue weighted by molar-refractivity contribution is 5.97. The first-order chi connectivity index (χ1) is 5.22. The summed E-state index contributed by atoms with van der Waals surface area (Å²) < 4.78 is 0. The Hall–Kier alpha value is -0.920. The van der Waals surface area contributed by atoms with E-state index in [-0.39, 0.29) is 5.91 Å². The summed E-state index contributed by atoms with van der Waals surface area (Å²) >= 11 is 0. The average Bonchev–Trinajstić information content (AvgIpc) is 2.00. The van der Waals surface area contributed by atoms with E-state index in [0.29, 0.717) is 0 Å². The van der Waals surface area contributed by atoms with Crippen LogP contribution in [0.3, 0.4) is 0 Å². The van der Waals surface area contributed by atoms with E-state index < -0.39 is 0 Å². The number of carbonyl (C=O) groups is 1. The fourth-order valence-corrected chi connectivity index (χ4v) is 0.670. The molecule has 0 atom stereocenters. The van der Waals surface area contributed by atoms with Crippen LogP contribution in [-0.2, 0) is 4.79 Å². The van der Waals surface area contributed by atoms with Gasteiger partial charge >= 0.3 is 0 Å². The van der Waals surface area contributed by atoms with Gasteiger partial charge in [-0.15, -0.1) is 0 Å². The SMILES string of the molecule is CCC=NC(=O)/C(C)=C/CC. The number of nitrogens with zero attached hydrogens (tertiary/aromatic N) is 1. The number of carbonyl (C=O) groups excluding carboxylic acids is 1. The molecule has 62 valence electrons. The maximum absolute atomic E-state index is 11.0. The minimum atomic E-state index is -0.117. The van der Waals surface area contributed by atoms with E-state index in [1.807, 2.05) is 19.9 Å². The maximum atomic E-state index is 11.0. The summed E-state index contributed by atoms with van der Waals surface area (Å²) in [4.78, 5) is 14.8. The Morgan fingerprint density at radius 3 is 2.45 bits per heavy atom. The zero-order valence-electron chi connectivity index (χ0n) is 7.42. The third-order valence-electron chi connectivity index (χ3n) is 1.24. The van der Waals surface area contributed by atoms with Gasteiger partial charge in [-0.2, -0.15) is 0 Å². The third kappa shape index (κ3) is 4.48. The Labute approximate surface area is 68.0 Å². The lowest BCUT2D eigenvalue weighted by molar-refractivity contribution is -0.114. The molecule has 2 heteroatoms. The van der Waals surface area contributed by atoms with Crippen molar-refractivity contribution in [3.05, 3.63) is 11.6 Å². The van der Waals surface area contributed by atoms with Gasteiger partial charge in [-0.1, -0.05) is 19.9 Å². The van der Waals surface area contributed by atoms with Crippen LogP contribution in [0.1, 0.15) is 33.6 Å². The van der Waals surface area contributed by atoms with Crippen LogP contribution >= 0.6 is 0 Å². The molecule has 11 heavy (non-hydrogen) atoms. The Balaban J connectivity index is 4.03. The molecule has 0 aromatic rings. The van der Waals surface area contributed by atoms with E-state index in [0.717, 1.165) is 18.4 Å². The Morgan fingerprint density at radius 1 is 1.36 bits per heavy atom. The summed E-state index contributed by atoms with van der Waals surface area (Å²) in [7, 11) is 0. The van der Waals surface area contributed by atoms with Crippen LogP contribution in [0.2, 0.25) is 0 Å². The topological polar surface area (TPSA) is 29.4 Å². The first-order valence-electron chi connectivity index (χ1n) is 3.96. The minimum absolute atomic E-state index is 0.117. The van der Waals surface area contributed by atoms with Crippen LogP contribution in [0.4, 0.5) is 0 Å². The van der Waals surface area contributed by atoms with Crippen LogP contribution in [0.5, 0.6) is 0 Å². The summed E-state index contributed by atoms with van der Waals surface area (Å²) in [6, 6.07) is 0. The van der Waals surface area contributed by atoms with Crippen molar-refractivity contribution in [2.45, 2.75) is 33.6 Å². The van der Waals surface area contributed by atoms with Crippen molar-refractivity contribution in [3.8, 4) is 0 Å². The summed E-state index contributed by atoms with van der Waals surface area (Å²) in [6.45, 7) is 5.74. The summed E-state index contributed by atoms with van der Waals surface area (Å²) in [5.74, 6) is -0.117. The molecule has 0 heterocycles. The normalized spacial score (nSPS) is 12.5. The van der Waals surface area contributed by atoms with E-state index in [2.05, 4.69) is 4.99 Å². The Morgan fingerprint density at radius 2 is 2.00 bits per heavy atom. The van der Waals surface area contributed by atoms with Crippen LogP contribution in [0, 0.1) is 0 Å². The maximum Gasteiger partial charge on any atom is 0.271 e. The molecular weight excluding hydrogens is 138 g/mol. The minimum Gasteiger partial charge on any atom is -0.267 e. The van der Waals surface area contributed by atoms with Gasteiger partial charge in [0.1, 0.15) is 0 Å². The van der Waals surface area contributed by atoms with Crippen molar-refractivity contribution in [2.75, 3.05) is 0 Å². The predicted octanol–water partition coefficient (Wildman–Crippen LogP) is 2.35. The van der Waals surface area contributed by atoms with Crippen molar-refractivity contribution in [3.63, 3.8) is 0 Å². The molecule has 0 aliphatic rings. The standard InChI is InChI=1S/C9H15NO/c1-4-6-8(3)9(11)10-7-5-2/h6-7H,4-5H2,1-3H3/b8-6+,10-7?. The molecule has 0 radical (unpaired) electrons. The highest BCUT2D eigenvalue weighted by Gasteiger charge is 1.97. The average molecular weight is 153 g/mol. The number of hydrogen-bond donors (Lipinski definition) is 0. The van der Waals surface area contributed by atoms with E-state index >= 15 is 0 Å². The molecule has 0 unspecified atom stereocenters. The number of allylic oxidation sites excluding steroid dienone is 1. The second-order valence-electron chi connectivity index (χ2n) is 2.32. The molecule has 0 saturated heterocycles. The van der Waals surface area contributed by atoms with Crippen LogP contribution < -0.4 is 0 Å². The fraction of sp³-hybridized carbons (Fsp3) is 0.556. The van der Waals surface area contributed by atoms with Crippen molar-refractivity contribution in [1.29, 1.82) is 0 Å². The lowest BCUT2D eigenvalue weighted by Gasteiger charge is -1.91. The molecule has 0 bridgehead atoms. The number of rotatable bonds is 3. The lowest BCUT2D eigenvalue weighted by atomic mass is 10.2. The molecule has 0 spiro atoms. The van der Waals surface area contributed by atoms with Gasteiger partial charge in [-0.3, -0.25) is 4.79 Å². The zero-order valence-corrected chi connectivity index (χ0v) is 7.42. The highest BCUT2D eigenvalue weighted by atomic mass is 16.1. The van der Waals surface area contributed by atoms with Crippen LogP contribution in [0.25, 0.3) is 0 Å². The zero-order chi connectivity index (χ0) is 8.69. The summed E-state index contributed by atoms with van der Waals surface area (Å²) in [5.41, 5.74) is 0.734. The molecule has 0 aliphatic heterocycles. The van der Waals surface area contributed by atoms with Crippen molar-refractivity contribution in [2.24, 2.45) is 4.99 Å². The van der Waals surface area contributed by atoms with Gasteiger partial charge in [0.05, 0.1) is 0 Å². The van der Waals surface area contributed by atoms with Gasteiger partial charge in [0.25, 0.3) is 5.91 Å². The second-order valence-corrected chi connectivity index (χ2v) is 2.32. The quantitative estimate of drug-likeness (QED) is 0.452. The molecule has 1 amide bonds. The monoisotopic (exact) mass is 153 g/mol. The molecule has 0 saturated carbocycles.